The number of phenols is 1. The van der Waals surface area contributed by atoms with Gasteiger partial charge in [-0.2, -0.15) is 0 Å². The van der Waals surface area contributed by atoms with Crippen molar-refractivity contribution in [3.8, 4) is 5.75 Å². The maximum absolute atomic E-state index is 13.9. The Hall–Kier alpha value is -1.35. The first kappa shape index (κ1) is 28.7. The first-order valence-electron chi connectivity index (χ1n) is 15.7. The standard InChI is InChI=1S/C34H54O3/c1-22(2)9-6-10-23(3)11-7-12-24(4)13-8-14-28-32-27(19-20-34(5)30(32)17-18-31(34)36)26-16-15-25(35)21-29(26)33(28)37/h15-16,21-24,27-28,30-32,35-36H,6-14,17-20H2,1-5H3/t23-,24-,27?,28+,30?,31+,32?,34+/m1/s1. The SMILES string of the molecule is CC(C)CCC[C@@H](C)CCC[C@@H](C)CCC[C@@H]1C(=O)c2cc(O)ccc2C2CC[C@@]3(C)C(CC[C@@H]3O)C21. The summed E-state index contributed by atoms with van der Waals surface area (Å²) in [6.45, 7) is 11.7. The highest BCUT2D eigenvalue weighted by Gasteiger charge is 2.58. The quantitative estimate of drug-likeness (QED) is 0.295. The monoisotopic (exact) mass is 510 g/mol. The number of carbonyl (C=O) groups excluding carboxylic acids is 1. The van der Waals surface area contributed by atoms with Crippen molar-refractivity contribution in [2.45, 2.75) is 130 Å². The van der Waals surface area contributed by atoms with Gasteiger partial charge in [0.1, 0.15) is 5.75 Å². The average molecular weight is 511 g/mol. The second-order valence-electron chi connectivity index (χ2n) is 14.1. The van der Waals surface area contributed by atoms with Crippen LogP contribution in [0.2, 0.25) is 0 Å². The molecule has 1 aromatic rings. The first-order valence-corrected chi connectivity index (χ1v) is 15.7. The molecule has 8 atom stereocenters. The van der Waals surface area contributed by atoms with E-state index in [1.807, 2.05) is 6.07 Å². The second kappa shape index (κ2) is 12.2. The van der Waals surface area contributed by atoms with Gasteiger partial charge in [-0.1, -0.05) is 92.1 Å². The molecule has 1 aromatic carbocycles. The molecule has 2 saturated carbocycles. The minimum atomic E-state index is -0.233. The number of rotatable bonds is 12. The van der Waals surface area contributed by atoms with Gasteiger partial charge < -0.3 is 10.2 Å². The van der Waals surface area contributed by atoms with Crippen LogP contribution in [0.5, 0.6) is 5.75 Å². The van der Waals surface area contributed by atoms with Crippen molar-refractivity contribution in [2.24, 2.45) is 40.9 Å². The average Bonchev–Trinajstić information content (AvgIpc) is 3.15. The van der Waals surface area contributed by atoms with Gasteiger partial charge in [0, 0.05) is 11.5 Å². The highest BCUT2D eigenvalue weighted by Crippen LogP contribution is 2.62. The highest BCUT2D eigenvalue weighted by molar-refractivity contribution is 6.01. The second-order valence-corrected chi connectivity index (χ2v) is 14.1. The Bertz CT molecular complexity index is 906. The molecule has 0 spiro atoms. The summed E-state index contributed by atoms with van der Waals surface area (Å²) >= 11 is 0. The van der Waals surface area contributed by atoms with Gasteiger partial charge in [0.2, 0.25) is 0 Å². The summed E-state index contributed by atoms with van der Waals surface area (Å²) in [5.74, 6) is 3.99. The third-order valence-electron chi connectivity index (χ3n) is 10.9. The van der Waals surface area contributed by atoms with Gasteiger partial charge in [-0.15, -0.1) is 0 Å². The molecule has 3 nitrogen and oxygen atoms in total. The number of ketones is 1. The van der Waals surface area contributed by atoms with Crippen LogP contribution in [0.25, 0.3) is 0 Å². The van der Waals surface area contributed by atoms with E-state index in [0.717, 1.165) is 61.5 Å². The van der Waals surface area contributed by atoms with Crippen molar-refractivity contribution in [1.82, 2.24) is 0 Å². The van der Waals surface area contributed by atoms with Crippen LogP contribution in [0.3, 0.4) is 0 Å². The maximum atomic E-state index is 13.9. The molecule has 0 aliphatic heterocycles. The zero-order valence-corrected chi connectivity index (χ0v) is 24.3. The number of aliphatic hydroxyl groups excluding tert-OH is 1. The molecule has 3 heteroatoms. The van der Waals surface area contributed by atoms with E-state index in [0.29, 0.717) is 23.7 Å². The van der Waals surface area contributed by atoms with Crippen molar-refractivity contribution < 1.29 is 15.0 Å². The van der Waals surface area contributed by atoms with E-state index in [-0.39, 0.29) is 29.0 Å². The Morgan fingerprint density at radius 3 is 2.24 bits per heavy atom. The van der Waals surface area contributed by atoms with Gasteiger partial charge in [0.05, 0.1) is 6.10 Å². The molecule has 4 rings (SSSR count). The van der Waals surface area contributed by atoms with Crippen molar-refractivity contribution in [2.75, 3.05) is 0 Å². The molecule has 0 amide bonds. The fourth-order valence-corrected chi connectivity index (χ4v) is 8.53. The molecule has 0 heterocycles. The van der Waals surface area contributed by atoms with E-state index >= 15 is 0 Å². The Balaban J connectivity index is 1.35. The number of aliphatic hydroxyl groups is 1. The molecule has 2 N–H and O–H groups in total. The largest absolute Gasteiger partial charge is 0.508 e. The molecular formula is C34H54O3. The van der Waals surface area contributed by atoms with Crippen LogP contribution in [-0.2, 0) is 0 Å². The molecule has 2 fully saturated rings. The Morgan fingerprint density at radius 1 is 0.919 bits per heavy atom. The first-order chi connectivity index (χ1) is 17.6. The number of benzene rings is 1. The third-order valence-corrected chi connectivity index (χ3v) is 10.9. The van der Waals surface area contributed by atoms with Crippen LogP contribution in [0.1, 0.15) is 140 Å². The molecule has 3 unspecified atom stereocenters. The van der Waals surface area contributed by atoms with Crippen LogP contribution >= 0.6 is 0 Å². The van der Waals surface area contributed by atoms with Crippen LogP contribution in [0, 0.1) is 40.9 Å². The molecule has 37 heavy (non-hydrogen) atoms. The van der Waals surface area contributed by atoms with E-state index in [4.69, 9.17) is 0 Å². The topological polar surface area (TPSA) is 57.5 Å². The number of hydrogen-bond donors (Lipinski definition) is 2. The van der Waals surface area contributed by atoms with Gasteiger partial charge in [0.15, 0.2) is 5.78 Å². The van der Waals surface area contributed by atoms with Crippen molar-refractivity contribution in [3.63, 3.8) is 0 Å². The highest BCUT2D eigenvalue weighted by atomic mass is 16.3. The lowest BCUT2D eigenvalue weighted by Gasteiger charge is -2.52. The summed E-state index contributed by atoms with van der Waals surface area (Å²) in [7, 11) is 0. The lowest BCUT2D eigenvalue weighted by Crippen LogP contribution is -2.49. The number of fused-ring (bicyclic) bond motifs is 5. The van der Waals surface area contributed by atoms with Crippen LogP contribution in [-0.4, -0.2) is 22.1 Å². The summed E-state index contributed by atoms with van der Waals surface area (Å²) in [4.78, 5) is 13.9. The summed E-state index contributed by atoms with van der Waals surface area (Å²) in [6.07, 6.45) is 15.1. The lowest BCUT2D eigenvalue weighted by molar-refractivity contribution is -0.0351. The number of phenolic OH excluding ortho intramolecular Hbond substituents is 1. The zero-order chi connectivity index (χ0) is 26.7. The van der Waals surface area contributed by atoms with Crippen molar-refractivity contribution in [3.05, 3.63) is 29.3 Å². The van der Waals surface area contributed by atoms with E-state index in [9.17, 15) is 15.0 Å². The normalized spacial score (nSPS) is 32.6. The lowest BCUT2D eigenvalue weighted by atomic mass is 9.51. The molecule has 3 aliphatic carbocycles. The maximum Gasteiger partial charge on any atom is 0.166 e. The Morgan fingerprint density at radius 2 is 1.57 bits per heavy atom. The number of carbonyl (C=O) groups is 1. The van der Waals surface area contributed by atoms with Crippen molar-refractivity contribution in [1.29, 1.82) is 0 Å². The van der Waals surface area contributed by atoms with Gasteiger partial charge in [-0.25, -0.2) is 0 Å². The Labute approximate surface area is 226 Å². The van der Waals surface area contributed by atoms with E-state index in [2.05, 4.69) is 34.6 Å². The van der Waals surface area contributed by atoms with Gasteiger partial charge in [0.25, 0.3) is 0 Å². The van der Waals surface area contributed by atoms with Gasteiger partial charge >= 0.3 is 0 Å². The molecule has 3 aliphatic rings. The summed E-state index contributed by atoms with van der Waals surface area (Å²) in [5, 5.41) is 21.1. The van der Waals surface area contributed by atoms with E-state index in [1.54, 1.807) is 12.1 Å². The number of hydrogen-bond acceptors (Lipinski definition) is 3. The minimum Gasteiger partial charge on any atom is -0.508 e. The fraction of sp³-hybridized carbons (Fsp3) is 0.794. The fourth-order valence-electron chi connectivity index (χ4n) is 8.53. The van der Waals surface area contributed by atoms with Crippen LogP contribution in [0.15, 0.2) is 18.2 Å². The van der Waals surface area contributed by atoms with E-state index < -0.39 is 0 Å². The predicted octanol–water partition coefficient (Wildman–Crippen LogP) is 8.91. The van der Waals surface area contributed by atoms with Crippen molar-refractivity contribution >= 4 is 5.78 Å². The smallest absolute Gasteiger partial charge is 0.166 e. The molecule has 0 radical (unpaired) electrons. The molecule has 0 saturated heterocycles. The van der Waals surface area contributed by atoms with Crippen LogP contribution in [0.4, 0.5) is 0 Å². The summed E-state index contributed by atoms with van der Waals surface area (Å²) in [5.41, 5.74) is 1.88. The van der Waals surface area contributed by atoms with Gasteiger partial charge in [-0.05, 0) is 90.7 Å². The predicted molar refractivity (Wildman–Crippen MR) is 153 cm³/mol. The summed E-state index contributed by atoms with van der Waals surface area (Å²) < 4.78 is 0. The third kappa shape index (κ3) is 6.29. The van der Waals surface area contributed by atoms with Crippen LogP contribution < -0.4 is 0 Å². The molecular weight excluding hydrogens is 456 g/mol. The number of Topliss-reactive ketones (excluding diaryl/α,β-unsaturated/α-hetero) is 1. The van der Waals surface area contributed by atoms with Gasteiger partial charge in [-0.3, -0.25) is 4.79 Å². The molecule has 208 valence electrons. The molecule has 0 bridgehead atoms. The number of aromatic hydroxyl groups is 1. The minimum absolute atomic E-state index is 0.0300. The zero-order valence-electron chi connectivity index (χ0n) is 24.3. The Kier molecular flexibility index (Phi) is 9.47. The van der Waals surface area contributed by atoms with E-state index in [1.165, 1.54) is 44.9 Å². The molecule has 0 aromatic heterocycles. The summed E-state index contributed by atoms with van der Waals surface area (Å²) in [6, 6.07) is 5.49.